The molecule has 3 rings (SSSR count). The van der Waals surface area contributed by atoms with Crippen LogP contribution in [0.15, 0.2) is 51.7 Å². The summed E-state index contributed by atoms with van der Waals surface area (Å²) in [6.07, 6.45) is 0.902. The number of fused-ring (bicyclic) bond motifs is 1. The Balaban J connectivity index is 1.87. The molecule has 1 aromatic heterocycles. The van der Waals surface area contributed by atoms with Gasteiger partial charge in [0, 0.05) is 22.9 Å². The van der Waals surface area contributed by atoms with Crippen LogP contribution in [0.3, 0.4) is 0 Å². The van der Waals surface area contributed by atoms with Gasteiger partial charge in [-0.3, -0.25) is 0 Å². The Kier molecular flexibility index (Phi) is 8.79. The minimum atomic E-state index is -0.880. The molecule has 1 atom stereocenters. The van der Waals surface area contributed by atoms with Crippen molar-refractivity contribution in [1.29, 1.82) is 0 Å². The van der Waals surface area contributed by atoms with Gasteiger partial charge in [-0.2, -0.15) is 0 Å². The number of esters is 1. The molecule has 1 heterocycles. The van der Waals surface area contributed by atoms with Gasteiger partial charge in [-0.1, -0.05) is 44.2 Å². The van der Waals surface area contributed by atoms with E-state index >= 15 is 0 Å². The molecule has 3 aromatic rings. The number of hydrogen-bond donors (Lipinski definition) is 1. The van der Waals surface area contributed by atoms with Crippen LogP contribution >= 0.6 is 0 Å². The normalized spacial score (nSPS) is 12.4. The topological polar surface area (TPSA) is 94.8 Å². The number of carbonyl (C=O) groups excluding carboxylic acids is 2. The van der Waals surface area contributed by atoms with E-state index in [-0.39, 0.29) is 5.75 Å². The lowest BCUT2D eigenvalue weighted by molar-refractivity contribution is -0.137. The Hall–Kier alpha value is -3.61. The second-order valence-electron chi connectivity index (χ2n) is 10.8. The van der Waals surface area contributed by atoms with Gasteiger partial charge in [0.25, 0.3) is 0 Å². The molecular weight excluding hydrogens is 470 g/mol. The Labute approximate surface area is 218 Å². The molecule has 0 saturated heterocycles. The molecule has 0 spiro atoms. The van der Waals surface area contributed by atoms with Crippen LogP contribution in [0.5, 0.6) is 5.75 Å². The zero-order chi connectivity index (χ0) is 27.3. The van der Waals surface area contributed by atoms with E-state index in [2.05, 4.69) is 5.32 Å². The minimum Gasteiger partial charge on any atom is -0.444 e. The van der Waals surface area contributed by atoms with Gasteiger partial charge in [0.05, 0.1) is 0 Å². The lowest BCUT2D eigenvalue weighted by Gasteiger charge is -2.23. The average molecular weight is 508 g/mol. The third-order valence-corrected chi connectivity index (χ3v) is 6.10. The van der Waals surface area contributed by atoms with Gasteiger partial charge in [0.15, 0.2) is 0 Å². The van der Waals surface area contributed by atoms with Crippen LogP contribution in [0, 0.1) is 19.8 Å². The first kappa shape index (κ1) is 28.0. The van der Waals surface area contributed by atoms with Crippen LogP contribution in [0.25, 0.3) is 11.0 Å². The van der Waals surface area contributed by atoms with Crippen LogP contribution < -0.4 is 15.7 Å². The van der Waals surface area contributed by atoms with Crippen molar-refractivity contribution in [2.75, 3.05) is 0 Å². The molecule has 1 amide bonds. The van der Waals surface area contributed by atoms with E-state index in [9.17, 15) is 14.4 Å². The van der Waals surface area contributed by atoms with Gasteiger partial charge < -0.3 is 19.2 Å². The minimum absolute atomic E-state index is 0.274. The molecule has 0 aliphatic heterocycles. The molecule has 198 valence electrons. The van der Waals surface area contributed by atoms with E-state index in [1.54, 1.807) is 39.8 Å². The summed E-state index contributed by atoms with van der Waals surface area (Å²) >= 11 is 0. The number of carbonyl (C=O) groups is 2. The Morgan fingerprint density at radius 3 is 2.27 bits per heavy atom. The van der Waals surface area contributed by atoms with Crippen LogP contribution in [-0.4, -0.2) is 23.7 Å². The van der Waals surface area contributed by atoms with Crippen LogP contribution in [-0.2, 0) is 16.0 Å². The second-order valence-corrected chi connectivity index (χ2v) is 10.8. The van der Waals surface area contributed by atoms with Crippen molar-refractivity contribution in [3.05, 3.63) is 75.1 Å². The number of hydrogen-bond acceptors (Lipinski definition) is 6. The third kappa shape index (κ3) is 7.44. The number of nitrogens with one attached hydrogen (secondary N) is 1. The van der Waals surface area contributed by atoms with E-state index in [1.807, 2.05) is 51.1 Å². The fourth-order valence-corrected chi connectivity index (χ4v) is 4.06. The third-order valence-electron chi connectivity index (χ3n) is 6.10. The van der Waals surface area contributed by atoms with Crippen LogP contribution in [0.1, 0.15) is 69.7 Å². The summed E-state index contributed by atoms with van der Waals surface area (Å²) in [5.41, 5.74) is 2.25. The van der Waals surface area contributed by atoms with Gasteiger partial charge >= 0.3 is 17.7 Å². The molecule has 1 N–H and O–H groups in total. The van der Waals surface area contributed by atoms with Crippen molar-refractivity contribution in [3.63, 3.8) is 0 Å². The first-order chi connectivity index (χ1) is 17.4. The Morgan fingerprint density at radius 1 is 0.973 bits per heavy atom. The molecule has 0 saturated carbocycles. The zero-order valence-corrected chi connectivity index (χ0v) is 22.8. The number of benzene rings is 2. The Bertz CT molecular complexity index is 1320. The number of aryl methyl sites for hydroxylation is 2. The first-order valence-electron chi connectivity index (χ1n) is 12.7. The molecule has 0 fully saturated rings. The summed E-state index contributed by atoms with van der Waals surface area (Å²) in [5.74, 6) is 0.00518. The van der Waals surface area contributed by atoms with E-state index in [4.69, 9.17) is 13.9 Å². The molecule has 0 aliphatic carbocycles. The standard InChI is InChI=1S/C30H37NO6/c1-18(2)13-15-24(31-29(34)37-30(5,6)7)28(33)35-25-16-14-22-19(3)23(17-21-11-9-8-10-12-21)27(32)36-26(22)20(25)4/h8-12,14,16,18,24H,13,15,17H2,1-7H3,(H,31,34). The summed E-state index contributed by atoms with van der Waals surface area (Å²) in [5, 5.41) is 3.43. The largest absolute Gasteiger partial charge is 0.444 e. The monoisotopic (exact) mass is 507 g/mol. The molecule has 0 aliphatic rings. The SMILES string of the molecule is Cc1c(Cc2ccccc2)c(=O)oc2c(C)c(OC(=O)C(CCC(C)C)NC(=O)OC(C)(C)C)ccc12. The molecule has 2 aromatic carbocycles. The average Bonchev–Trinajstić information content (AvgIpc) is 2.81. The highest BCUT2D eigenvalue weighted by Gasteiger charge is 2.27. The summed E-state index contributed by atoms with van der Waals surface area (Å²) in [4.78, 5) is 38.4. The number of alkyl carbamates (subject to hydrolysis) is 1. The quantitative estimate of drug-likeness (QED) is 0.220. The van der Waals surface area contributed by atoms with E-state index < -0.39 is 29.3 Å². The highest BCUT2D eigenvalue weighted by molar-refractivity contribution is 5.88. The zero-order valence-electron chi connectivity index (χ0n) is 22.8. The van der Waals surface area contributed by atoms with Crippen LogP contribution in [0.4, 0.5) is 4.79 Å². The maximum atomic E-state index is 13.1. The lowest BCUT2D eigenvalue weighted by atomic mass is 9.98. The van der Waals surface area contributed by atoms with Crippen molar-refractivity contribution in [1.82, 2.24) is 5.32 Å². The molecule has 7 heteroatoms. The van der Waals surface area contributed by atoms with E-state index in [0.29, 0.717) is 41.9 Å². The highest BCUT2D eigenvalue weighted by atomic mass is 16.6. The van der Waals surface area contributed by atoms with Crippen molar-refractivity contribution >= 4 is 23.0 Å². The molecule has 7 nitrogen and oxygen atoms in total. The highest BCUT2D eigenvalue weighted by Crippen LogP contribution is 2.30. The van der Waals surface area contributed by atoms with Crippen molar-refractivity contribution in [3.8, 4) is 5.75 Å². The van der Waals surface area contributed by atoms with E-state index in [0.717, 1.165) is 16.5 Å². The van der Waals surface area contributed by atoms with Crippen molar-refractivity contribution in [2.45, 2.75) is 79.4 Å². The maximum Gasteiger partial charge on any atom is 0.408 e. The molecular formula is C30H37NO6. The van der Waals surface area contributed by atoms with Gasteiger partial charge in [0.1, 0.15) is 23.0 Å². The summed E-state index contributed by atoms with van der Waals surface area (Å²) in [6.45, 7) is 13.0. The number of rotatable bonds is 8. The predicted molar refractivity (Wildman–Crippen MR) is 144 cm³/mol. The fourth-order valence-electron chi connectivity index (χ4n) is 4.06. The van der Waals surface area contributed by atoms with Crippen LogP contribution in [0.2, 0.25) is 0 Å². The summed E-state index contributed by atoms with van der Waals surface area (Å²) in [7, 11) is 0. The summed E-state index contributed by atoms with van der Waals surface area (Å²) < 4.78 is 16.8. The summed E-state index contributed by atoms with van der Waals surface area (Å²) in [6, 6.07) is 12.4. The van der Waals surface area contributed by atoms with Gasteiger partial charge in [-0.15, -0.1) is 0 Å². The fraction of sp³-hybridized carbons (Fsp3) is 0.433. The number of ether oxygens (including phenoxy) is 2. The molecule has 0 radical (unpaired) electrons. The lowest BCUT2D eigenvalue weighted by Crippen LogP contribution is -2.45. The molecule has 0 bridgehead atoms. The maximum absolute atomic E-state index is 13.1. The smallest absolute Gasteiger partial charge is 0.408 e. The van der Waals surface area contributed by atoms with E-state index in [1.165, 1.54) is 0 Å². The Morgan fingerprint density at radius 2 is 1.65 bits per heavy atom. The van der Waals surface area contributed by atoms with Gasteiger partial charge in [-0.25, -0.2) is 14.4 Å². The van der Waals surface area contributed by atoms with Crippen molar-refractivity contribution in [2.24, 2.45) is 5.92 Å². The first-order valence-corrected chi connectivity index (χ1v) is 12.7. The predicted octanol–water partition coefficient (Wildman–Crippen LogP) is 6.24. The van der Waals surface area contributed by atoms with Crippen molar-refractivity contribution < 1.29 is 23.5 Å². The van der Waals surface area contributed by atoms with Gasteiger partial charge in [0.2, 0.25) is 0 Å². The van der Waals surface area contributed by atoms with Gasteiger partial charge in [-0.05, 0) is 76.6 Å². The molecule has 1 unspecified atom stereocenters. The molecule has 37 heavy (non-hydrogen) atoms. The second kappa shape index (κ2) is 11.6. The number of amides is 1.